The first-order valence-corrected chi connectivity index (χ1v) is 7.06. The van der Waals surface area contributed by atoms with Crippen molar-refractivity contribution in [3.8, 4) is 11.5 Å². The molecule has 0 amide bonds. The Bertz CT molecular complexity index is 526. The van der Waals surface area contributed by atoms with Gasteiger partial charge in [-0.3, -0.25) is 0 Å². The summed E-state index contributed by atoms with van der Waals surface area (Å²) in [5.74, 6) is 1.71. The largest absolute Gasteiger partial charge is 0.497 e. The molecule has 0 aliphatic rings. The van der Waals surface area contributed by atoms with Crippen LogP contribution < -0.4 is 9.47 Å². The summed E-state index contributed by atoms with van der Waals surface area (Å²) in [6.07, 6.45) is 0.907. The second-order valence-corrected chi connectivity index (χ2v) is 5.37. The molecule has 0 spiro atoms. The summed E-state index contributed by atoms with van der Waals surface area (Å²) in [5, 5.41) is 0. The predicted molar refractivity (Wildman–Crippen MR) is 81.4 cm³/mol. The Hall–Kier alpha value is -1.48. The lowest BCUT2D eigenvalue weighted by Gasteiger charge is -2.15. The minimum Gasteiger partial charge on any atom is -0.497 e. The highest BCUT2D eigenvalue weighted by atomic mass is 79.9. The van der Waals surface area contributed by atoms with E-state index in [1.807, 2.05) is 24.3 Å². The van der Waals surface area contributed by atoms with E-state index in [2.05, 4.69) is 40.2 Å². The number of ether oxygens (including phenoxy) is 2. The number of hydrogen-bond acceptors (Lipinski definition) is 2. The third-order valence-electron chi connectivity index (χ3n) is 3.03. The van der Waals surface area contributed by atoms with Crippen LogP contribution in [0.4, 0.5) is 0 Å². The number of halogens is 1. The monoisotopic (exact) mass is 320 g/mol. The fourth-order valence-corrected chi connectivity index (χ4v) is 2.75. The van der Waals surface area contributed by atoms with E-state index >= 15 is 0 Å². The highest BCUT2D eigenvalue weighted by Gasteiger charge is 2.14. The number of hydrogen-bond donors (Lipinski definition) is 0. The van der Waals surface area contributed by atoms with Crippen molar-refractivity contribution in [3.63, 3.8) is 0 Å². The summed E-state index contributed by atoms with van der Waals surface area (Å²) in [5.41, 5.74) is 2.39. The number of alkyl halides is 1. The van der Waals surface area contributed by atoms with Crippen molar-refractivity contribution in [1.82, 2.24) is 0 Å². The highest BCUT2D eigenvalue weighted by Crippen LogP contribution is 2.36. The van der Waals surface area contributed by atoms with Crippen molar-refractivity contribution in [2.75, 3.05) is 14.2 Å². The van der Waals surface area contributed by atoms with Gasteiger partial charge in [-0.15, -0.1) is 0 Å². The molecule has 0 aliphatic heterocycles. The average molecular weight is 321 g/mol. The van der Waals surface area contributed by atoms with Crippen LogP contribution in [0.1, 0.15) is 16.0 Å². The van der Waals surface area contributed by atoms with Gasteiger partial charge in [-0.05, 0) is 30.2 Å². The van der Waals surface area contributed by atoms with Crippen LogP contribution in [0.15, 0.2) is 48.5 Å². The zero-order chi connectivity index (χ0) is 13.7. The Labute approximate surface area is 122 Å². The Morgan fingerprint density at radius 1 is 1.00 bits per heavy atom. The molecule has 0 heterocycles. The molecule has 2 aromatic carbocycles. The van der Waals surface area contributed by atoms with Crippen LogP contribution in [0, 0.1) is 0 Å². The lowest BCUT2D eigenvalue weighted by molar-refractivity contribution is 0.398. The molecule has 0 bridgehead atoms. The number of rotatable bonds is 5. The molecule has 2 rings (SSSR count). The van der Waals surface area contributed by atoms with Crippen LogP contribution in [0.5, 0.6) is 11.5 Å². The van der Waals surface area contributed by atoms with E-state index in [4.69, 9.17) is 9.47 Å². The molecular formula is C16H17BrO2. The van der Waals surface area contributed by atoms with Crippen LogP contribution in [-0.2, 0) is 6.42 Å². The Morgan fingerprint density at radius 2 is 1.74 bits per heavy atom. The van der Waals surface area contributed by atoms with Crippen LogP contribution >= 0.6 is 15.9 Å². The zero-order valence-corrected chi connectivity index (χ0v) is 12.7. The Kier molecular flexibility index (Phi) is 4.86. The maximum atomic E-state index is 5.42. The van der Waals surface area contributed by atoms with Crippen LogP contribution in [0.3, 0.4) is 0 Å². The molecule has 0 aromatic heterocycles. The first-order valence-electron chi connectivity index (χ1n) is 6.14. The SMILES string of the molecule is COc1ccc(OC)c(C(Br)Cc2ccccc2)c1. The minimum absolute atomic E-state index is 0.194. The standard InChI is InChI=1S/C16H17BrO2/c1-18-13-8-9-16(19-2)14(11-13)15(17)10-12-6-4-3-5-7-12/h3-9,11,15H,10H2,1-2H3. The smallest absolute Gasteiger partial charge is 0.123 e. The fraction of sp³-hybridized carbons (Fsp3) is 0.250. The quantitative estimate of drug-likeness (QED) is 0.761. The third-order valence-corrected chi connectivity index (χ3v) is 3.85. The second-order valence-electron chi connectivity index (χ2n) is 4.27. The third kappa shape index (κ3) is 3.51. The number of methoxy groups -OCH3 is 2. The molecule has 1 atom stereocenters. The van der Waals surface area contributed by atoms with Gasteiger partial charge in [0, 0.05) is 10.4 Å². The van der Waals surface area contributed by atoms with Gasteiger partial charge >= 0.3 is 0 Å². The first kappa shape index (κ1) is 13.9. The molecule has 0 fully saturated rings. The van der Waals surface area contributed by atoms with Crippen LogP contribution in [0.2, 0.25) is 0 Å². The maximum absolute atomic E-state index is 5.42. The van der Waals surface area contributed by atoms with Gasteiger partial charge < -0.3 is 9.47 Å². The molecule has 2 aromatic rings. The van der Waals surface area contributed by atoms with Gasteiger partial charge in [0.25, 0.3) is 0 Å². The molecule has 3 heteroatoms. The summed E-state index contributed by atoms with van der Waals surface area (Å²) >= 11 is 3.74. The summed E-state index contributed by atoms with van der Waals surface area (Å²) in [7, 11) is 3.36. The molecule has 0 aliphatic carbocycles. The maximum Gasteiger partial charge on any atom is 0.123 e. The molecule has 0 N–H and O–H groups in total. The van der Waals surface area contributed by atoms with E-state index in [-0.39, 0.29) is 4.83 Å². The zero-order valence-electron chi connectivity index (χ0n) is 11.1. The van der Waals surface area contributed by atoms with E-state index in [1.54, 1.807) is 14.2 Å². The molecule has 19 heavy (non-hydrogen) atoms. The number of benzene rings is 2. The van der Waals surface area contributed by atoms with Gasteiger partial charge in [0.2, 0.25) is 0 Å². The van der Waals surface area contributed by atoms with E-state index < -0.39 is 0 Å². The van der Waals surface area contributed by atoms with Gasteiger partial charge in [-0.2, -0.15) is 0 Å². The van der Waals surface area contributed by atoms with Crippen molar-refractivity contribution < 1.29 is 9.47 Å². The summed E-state index contributed by atoms with van der Waals surface area (Å²) < 4.78 is 10.7. The first-order chi connectivity index (χ1) is 9.24. The van der Waals surface area contributed by atoms with Crippen molar-refractivity contribution in [2.24, 2.45) is 0 Å². The molecule has 2 nitrogen and oxygen atoms in total. The Morgan fingerprint density at radius 3 is 2.37 bits per heavy atom. The molecule has 0 saturated carbocycles. The topological polar surface area (TPSA) is 18.5 Å². The second kappa shape index (κ2) is 6.62. The van der Waals surface area contributed by atoms with Crippen LogP contribution in [-0.4, -0.2) is 14.2 Å². The lowest BCUT2D eigenvalue weighted by atomic mass is 10.0. The van der Waals surface area contributed by atoms with Crippen molar-refractivity contribution in [2.45, 2.75) is 11.2 Å². The van der Waals surface area contributed by atoms with Gasteiger partial charge in [0.15, 0.2) is 0 Å². The van der Waals surface area contributed by atoms with Crippen molar-refractivity contribution >= 4 is 15.9 Å². The molecular weight excluding hydrogens is 304 g/mol. The summed E-state index contributed by atoms with van der Waals surface area (Å²) in [4.78, 5) is 0.194. The highest BCUT2D eigenvalue weighted by molar-refractivity contribution is 9.09. The average Bonchev–Trinajstić information content (AvgIpc) is 2.47. The van der Waals surface area contributed by atoms with E-state index in [0.29, 0.717) is 0 Å². The van der Waals surface area contributed by atoms with E-state index in [1.165, 1.54) is 5.56 Å². The lowest BCUT2D eigenvalue weighted by Crippen LogP contribution is -1.99. The van der Waals surface area contributed by atoms with E-state index in [0.717, 1.165) is 23.5 Å². The summed E-state index contributed by atoms with van der Waals surface area (Å²) in [6.45, 7) is 0. The van der Waals surface area contributed by atoms with Gasteiger partial charge in [0.05, 0.1) is 14.2 Å². The van der Waals surface area contributed by atoms with Crippen molar-refractivity contribution in [1.29, 1.82) is 0 Å². The fourth-order valence-electron chi connectivity index (χ4n) is 2.02. The molecule has 1 unspecified atom stereocenters. The van der Waals surface area contributed by atoms with Gasteiger partial charge in [-0.1, -0.05) is 46.3 Å². The Balaban J connectivity index is 2.24. The minimum atomic E-state index is 0.194. The molecule has 0 radical (unpaired) electrons. The van der Waals surface area contributed by atoms with Crippen molar-refractivity contribution in [3.05, 3.63) is 59.7 Å². The molecule has 100 valence electrons. The summed E-state index contributed by atoms with van der Waals surface area (Å²) in [6, 6.07) is 16.2. The van der Waals surface area contributed by atoms with Crippen LogP contribution in [0.25, 0.3) is 0 Å². The normalized spacial score (nSPS) is 11.9. The molecule has 0 saturated heterocycles. The van der Waals surface area contributed by atoms with E-state index in [9.17, 15) is 0 Å². The van der Waals surface area contributed by atoms with Gasteiger partial charge in [-0.25, -0.2) is 0 Å². The van der Waals surface area contributed by atoms with Gasteiger partial charge in [0.1, 0.15) is 11.5 Å². The predicted octanol–water partition coefficient (Wildman–Crippen LogP) is 4.38.